The zero-order chi connectivity index (χ0) is 12.3. The van der Waals surface area contributed by atoms with Crippen LogP contribution < -0.4 is 5.73 Å². The third-order valence-electron chi connectivity index (χ3n) is 2.14. The normalized spacial score (nSPS) is 10.5. The Kier molecular flexibility index (Phi) is 3.98. The van der Waals surface area contributed by atoms with Gasteiger partial charge in [0.25, 0.3) is 0 Å². The van der Waals surface area contributed by atoms with Gasteiger partial charge in [0.1, 0.15) is 10.7 Å². The summed E-state index contributed by atoms with van der Waals surface area (Å²) in [7, 11) is 0. The number of rotatable bonds is 4. The average molecular weight is 312 g/mol. The second-order valence-corrected chi connectivity index (χ2v) is 5.26. The number of aromatic nitrogens is 2. The van der Waals surface area contributed by atoms with Gasteiger partial charge in [0.15, 0.2) is 5.78 Å². The summed E-state index contributed by atoms with van der Waals surface area (Å²) in [4.78, 5) is 20.2. The predicted octanol–water partition coefficient (Wildman–Crippen LogP) is 2.18. The van der Waals surface area contributed by atoms with E-state index >= 15 is 0 Å². The van der Waals surface area contributed by atoms with Gasteiger partial charge in [0, 0.05) is 28.3 Å². The van der Waals surface area contributed by atoms with Crippen molar-refractivity contribution in [3.05, 3.63) is 44.6 Å². The molecule has 0 saturated carbocycles. The highest BCUT2D eigenvalue weighted by atomic mass is 79.9. The van der Waals surface area contributed by atoms with Crippen molar-refractivity contribution < 1.29 is 4.79 Å². The largest absolute Gasteiger partial charge is 0.325 e. The van der Waals surface area contributed by atoms with Crippen LogP contribution in [0.2, 0.25) is 0 Å². The maximum Gasteiger partial charge on any atom is 0.187 e. The maximum absolute atomic E-state index is 11.9. The molecular formula is C11H10BrN3OS. The Morgan fingerprint density at radius 3 is 2.88 bits per heavy atom. The molecule has 2 heterocycles. The van der Waals surface area contributed by atoms with Crippen molar-refractivity contribution in [1.82, 2.24) is 9.97 Å². The van der Waals surface area contributed by atoms with Gasteiger partial charge in [0.05, 0.1) is 6.42 Å². The lowest BCUT2D eigenvalue weighted by Gasteiger charge is -1.98. The first-order valence-corrected chi connectivity index (χ1v) is 6.64. The number of nitrogens with zero attached hydrogens (tertiary/aromatic N) is 2. The highest BCUT2D eigenvalue weighted by molar-refractivity contribution is 9.10. The van der Waals surface area contributed by atoms with Crippen LogP contribution in [0, 0.1) is 0 Å². The molecule has 0 amide bonds. The molecule has 0 aliphatic carbocycles. The van der Waals surface area contributed by atoms with Crippen LogP contribution >= 0.6 is 27.3 Å². The van der Waals surface area contributed by atoms with Crippen molar-refractivity contribution in [3.8, 4) is 0 Å². The highest BCUT2D eigenvalue weighted by Crippen LogP contribution is 2.13. The number of ketones is 1. The molecular weight excluding hydrogens is 302 g/mol. The fourth-order valence-electron chi connectivity index (χ4n) is 1.30. The van der Waals surface area contributed by atoms with Gasteiger partial charge in [-0.15, -0.1) is 11.3 Å². The number of pyridine rings is 1. The first kappa shape index (κ1) is 12.3. The van der Waals surface area contributed by atoms with Gasteiger partial charge in [-0.25, -0.2) is 4.98 Å². The maximum atomic E-state index is 11.9. The number of Topliss-reactive ketones (excluding diaryl/α,β-unsaturated/α-hetero) is 1. The molecule has 2 N–H and O–H groups in total. The van der Waals surface area contributed by atoms with Crippen LogP contribution in [-0.2, 0) is 13.0 Å². The molecule has 88 valence electrons. The van der Waals surface area contributed by atoms with Crippen molar-refractivity contribution in [2.24, 2.45) is 5.73 Å². The highest BCUT2D eigenvalue weighted by Gasteiger charge is 2.11. The Balaban J connectivity index is 2.08. The zero-order valence-electron chi connectivity index (χ0n) is 8.89. The van der Waals surface area contributed by atoms with Crippen LogP contribution in [0.3, 0.4) is 0 Å². The molecule has 0 spiro atoms. The SMILES string of the molecule is NCc1nc(C(=O)Cc2ccc(Br)cn2)cs1. The molecule has 6 heteroatoms. The molecule has 2 aromatic rings. The smallest absolute Gasteiger partial charge is 0.187 e. The lowest BCUT2D eigenvalue weighted by atomic mass is 10.2. The number of hydrogen-bond donors (Lipinski definition) is 1. The molecule has 17 heavy (non-hydrogen) atoms. The topological polar surface area (TPSA) is 68.9 Å². The molecule has 0 radical (unpaired) electrons. The monoisotopic (exact) mass is 311 g/mol. The van der Waals surface area contributed by atoms with Gasteiger partial charge >= 0.3 is 0 Å². The quantitative estimate of drug-likeness (QED) is 0.879. The van der Waals surface area contributed by atoms with E-state index in [0.29, 0.717) is 12.2 Å². The van der Waals surface area contributed by atoms with Gasteiger partial charge in [-0.3, -0.25) is 9.78 Å². The number of halogens is 1. The minimum atomic E-state index is -0.0317. The number of carbonyl (C=O) groups excluding carboxylic acids is 1. The number of nitrogens with two attached hydrogens (primary N) is 1. The predicted molar refractivity (Wildman–Crippen MR) is 70.0 cm³/mol. The van der Waals surface area contributed by atoms with Crippen molar-refractivity contribution in [3.63, 3.8) is 0 Å². The standard InChI is InChI=1S/C11H10BrN3OS/c12-7-1-2-8(14-5-7)3-10(16)9-6-17-11(4-13)15-9/h1-2,5-6H,3-4,13H2. The fraction of sp³-hybridized carbons (Fsp3) is 0.182. The molecule has 0 aliphatic heterocycles. The fourth-order valence-corrected chi connectivity index (χ4v) is 2.21. The van der Waals surface area contributed by atoms with Crippen LogP contribution in [0.5, 0.6) is 0 Å². The van der Waals surface area contributed by atoms with Crippen molar-refractivity contribution in [1.29, 1.82) is 0 Å². The molecule has 0 saturated heterocycles. The van der Waals surface area contributed by atoms with E-state index in [1.54, 1.807) is 11.6 Å². The Hall–Kier alpha value is -1.11. The summed E-state index contributed by atoms with van der Waals surface area (Å²) in [6.45, 7) is 0.370. The Labute approximate surface area is 111 Å². The Bertz CT molecular complexity index is 524. The van der Waals surface area contributed by atoms with Crippen molar-refractivity contribution >= 4 is 33.0 Å². The summed E-state index contributed by atoms with van der Waals surface area (Å²) in [6, 6.07) is 3.68. The first-order chi connectivity index (χ1) is 8.19. The van der Waals surface area contributed by atoms with Crippen LogP contribution in [-0.4, -0.2) is 15.8 Å². The summed E-state index contributed by atoms with van der Waals surface area (Å²) in [6.07, 6.45) is 1.94. The Morgan fingerprint density at radius 1 is 1.47 bits per heavy atom. The van der Waals surface area contributed by atoms with Crippen LogP contribution in [0.4, 0.5) is 0 Å². The molecule has 0 aliphatic rings. The van der Waals surface area contributed by atoms with Crippen LogP contribution in [0.1, 0.15) is 21.2 Å². The molecule has 0 fully saturated rings. The lowest BCUT2D eigenvalue weighted by Crippen LogP contribution is -2.06. The number of thiazole rings is 1. The van der Waals surface area contributed by atoms with E-state index in [9.17, 15) is 4.79 Å². The van der Waals surface area contributed by atoms with E-state index in [-0.39, 0.29) is 12.2 Å². The van der Waals surface area contributed by atoms with E-state index in [0.717, 1.165) is 15.2 Å². The van der Waals surface area contributed by atoms with E-state index in [4.69, 9.17) is 5.73 Å². The van der Waals surface area contributed by atoms with Gasteiger partial charge in [-0.05, 0) is 28.1 Å². The number of hydrogen-bond acceptors (Lipinski definition) is 5. The van der Waals surface area contributed by atoms with E-state index in [1.807, 2.05) is 12.1 Å². The van der Waals surface area contributed by atoms with E-state index in [1.165, 1.54) is 11.3 Å². The van der Waals surface area contributed by atoms with Gasteiger partial charge in [-0.2, -0.15) is 0 Å². The molecule has 0 atom stereocenters. The molecule has 0 unspecified atom stereocenters. The molecule has 2 aromatic heterocycles. The van der Waals surface area contributed by atoms with Gasteiger partial charge < -0.3 is 5.73 Å². The Morgan fingerprint density at radius 2 is 2.29 bits per heavy atom. The molecule has 0 bridgehead atoms. The molecule has 2 rings (SSSR count). The summed E-state index contributed by atoms with van der Waals surface area (Å²) >= 11 is 4.70. The van der Waals surface area contributed by atoms with Gasteiger partial charge in [0.2, 0.25) is 0 Å². The van der Waals surface area contributed by atoms with Crippen LogP contribution in [0.15, 0.2) is 28.2 Å². The molecule has 0 aromatic carbocycles. The minimum absolute atomic E-state index is 0.0317. The third kappa shape index (κ3) is 3.18. The first-order valence-electron chi connectivity index (χ1n) is 4.97. The van der Waals surface area contributed by atoms with E-state index in [2.05, 4.69) is 25.9 Å². The minimum Gasteiger partial charge on any atom is -0.325 e. The van der Waals surface area contributed by atoms with Crippen molar-refractivity contribution in [2.75, 3.05) is 0 Å². The summed E-state index contributed by atoms with van der Waals surface area (Å²) in [5.41, 5.74) is 6.66. The van der Waals surface area contributed by atoms with Crippen molar-refractivity contribution in [2.45, 2.75) is 13.0 Å². The summed E-state index contributed by atoms with van der Waals surface area (Å²) in [5, 5.41) is 2.51. The summed E-state index contributed by atoms with van der Waals surface area (Å²) in [5.74, 6) is -0.0317. The zero-order valence-corrected chi connectivity index (χ0v) is 11.3. The summed E-state index contributed by atoms with van der Waals surface area (Å²) < 4.78 is 0.896. The second-order valence-electron chi connectivity index (χ2n) is 3.40. The number of carbonyl (C=O) groups is 1. The molecule has 4 nitrogen and oxygen atoms in total. The average Bonchev–Trinajstić information content (AvgIpc) is 2.81. The second kappa shape index (κ2) is 5.48. The third-order valence-corrected chi connectivity index (χ3v) is 3.48. The van der Waals surface area contributed by atoms with Crippen LogP contribution in [0.25, 0.3) is 0 Å². The van der Waals surface area contributed by atoms with E-state index < -0.39 is 0 Å². The van der Waals surface area contributed by atoms with Gasteiger partial charge in [-0.1, -0.05) is 0 Å². The lowest BCUT2D eigenvalue weighted by molar-refractivity contribution is 0.0987.